The van der Waals surface area contributed by atoms with Gasteiger partial charge in [0.25, 0.3) is 5.56 Å². The summed E-state index contributed by atoms with van der Waals surface area (Å²) in [7, 11) is 0. The number of nitrogens with one attached hydrogen (secondary N) is 1. The van der Waals surface area contributed by atoms with E-state index in [4.69, 9.17) is 4.74 Å². The van der Waals surface area contributed by atoms with E-state index in [1.165, 1.54) is 11.9 Å². The summed E-state index contributed by atoms with van der Waals surface area (Å²) in [5.41, 5.74) is 1.00. The minimum Gasteiger partial charge on any atom is -0.438 e. The Hall–Kier alpha value is -1.62. The molecule has 0 bridgehead atoms. The first-order valence-electron chi connectivity index (χ1n) is 5.70. The van der Waals surface area contributed by atoms with Gasteiger partial charge in [-0.05, 0) is 40.0 Å². The van der Waals surface area contributed by atoms with Crippen LogP contribution in [0, 0.1) is 0 Å². The summed E-state index contributed by atoms with van der Waals surface area (Å²) in [5.74, 6) is 0.927. The second kappa shape index (κ2) is 5.82. The van der Waals surface area contributed by atoms with E-state index in [0.29, 0.717) is 10.2 Å². The van der Waals surface area contributed by atoms with Crippen molar-refractivity contribution in [1.82, 2.24) is 9.97 Å². The molecule has 4 nitrogen and oxygen atoms in total. The normalized spacial score (nSPS) is 10.3. The third-order valence-electron chi connectivity index (χ3n) is 2.44. The van der Waals surface area contributed by atoms with Gasteiger partial charge in [0.15, 0.2) is 0 Å². The molecule has 0 fully saturated rings. The second-order valence-corrected chi connectivity index (χ2v) is 4.64. The van der Waals surface area contributed by atoms with Crippen LogP contribution in [0.2, 0.25) is 0 Å². The van der Waals surface area contributed by atoms with Crippen molar-refractivity contribution in [2.75, 3.05) is 0 Å². The molecule has 0 radical (unpaired) electrons. The molecule has 1 N–H and O–H groups in total. The average Bonchev–Trinajstić information content (AvgIpc) is 2.38. The van der Waals surface area contributed by atoms with Crippen molar-refractivity contribution in [3.05, 3.63) is 51.0 Å². The van der Waals surface area contributed by atoms with Gasteiger partial charge in [-0.2, -0.15) is 0 Å². The maximum absolute atomic E-state index is 11.3. The van der Waals surface area contributed by atoms with Crippen molar-refractivity contribution in [2.45, 2.75) is 19.8 Å². The molecule has 1 heterocycles. The van der Waals surface area contributed by atoms with Crippen molar-refractivity contribution >= 4 is 15.9 Å². The fourth-order valence-electron chi connectivity index (χ4n) is 1.56. The zero-order chi connectivity index (χ0) is 13.0. The van der Waals surface area contributed by atoms with Crippen LogP contribution < -0.4 is 10.3 Å². The molecule has 0 spiro atoms. The highest BCUT2D eigenvalue weighted by Crippen LogP contribution is 2.24. The zero-order valence-electron chi connectivity index (χ0n) is 9.94. The molecule has 0 saturated heterocycles. The molecule has 0 atom stereocenters. The largest absolute Gasteiger partial charge is 0.438 e. The minimum absolute atomic E-state index is 0.261. The number of rotatable bonds is 4. The Morgan fingerprint density at radius 1 is 1.33 bits per heavy atom. The molecule has 0 amide bonds. The van der Waals surface area contributed by atoms with Gasteiger partial charge in [-0.25, -0.2) is 4.98 Å². The molecule has 94 valence electrons. The molecule has 2 aromatic rings. The molecule has 2 rings (SSSR count). The highest BCUT2D eigenvalue weighted by Gasteiger charge is 2.07. The molecule has 0 aliphatic heterocycles. The number of halogens is 1. The molecular weight excluding hydrogens is 296 g/mol. The Kier molecular flexibility index (Phi) is 4.15. The SMILES string of the molecule is CCCc1ccc(Oc2nc[nH]c(=O)c2Br)cc1. The monoisotopic (exact) mass is 308 g/mol. The van der Waals surface area contributed by atoms with E-state index >= 15 is 0 Å². The number of nitrogens with zero attached hydrogens (tertiary/aromatic N) is 1. The Morgan fingerprint density at radius 2 is 2.06 bits per heavy atom. The van der Waals surface area contributed by atoms with E-state index in [2.05, 4.69) is 32.8 Å². The number of aromatic amines is 1. The minimum atomic E-state index is -0.261. The van der Waals surface area contributed by atoms with Crippen LogP contribution in [0.4, 0.5) is 0 Å². The van der Waals surface area contributed by atoms with E-state index in [0.717, 1.165) is 12.8 Å². The molecule has 0 aliphatic carbocycles. The molecule has 0 saturated carbocycles. The van der Waals surface area contributed by atoms with Crippen molar-refractivity contribution in [3.8, 4) is 11.6 Å². The van der Waals surface area contributed by atoms with Crippen LogP contribution in [-0.2, 0) is 6.42 Å². The molecule has 5 heteroatoms. The second-order valence-electron chi connectivity index (χ2n) is 3.85. The fraction of sp³-hybridized carbons (Fsp3) is 0.231. The molecule has 18 heavy (non-hydrogen) atoms. The van der Waals surface area contributed by atoms with Crippen LogP contribution in [0.25, 0.3) is 0 Å². The number of aryl methyl sites for hydroxylation is 1. The van der Waals surface area contributed by atoms with E-state index in [-0.39, 0.29) is 11.4 Å². The number of benzene rings is 1. The van der Waals surface area contributed by atoms with Crippen molar-refractivity contribution in [1.29, 1.82) is 0 Å². The Bertz CT molecular complexity index is 578. The molecule has 1 aromatic heterocycles. The van der Waals surface area contributed by atoms with Gasteiger partial charge < -0.3 is 9.72 Å². The summed E-state index contributed by atoms with van der Waals surface area (Å²) in [6.45, 7) is 2.14. The summed E-state index contributed by atoms with van der Waals surface area (Å²) >= 11 is 3.15. The highest BCUT2D eigenvalue weighted by molar-refractivity contribution is 9.10. The predicted molar refractivity (Wildman–Crippen MR) is 73.1 cm³/mol. The first-order chi connectivity index (χ1) is 8.70. The van der Waals surface area contributed by atoms with Crippen LogP contribution in [-0.4, -0.2) is 9.97 Å². The smallest absolute Gasteiger partial charge is 0.268 e. The van der Waals surface area contributed by atoms with Gasteiger partial charge in [-0.15, -0.1) is 0 Å². The number of H-pyrrole nitrogens is 1. The van der Waals surface area contributed by atoms with Gasteiger partial charge in [0.2, 0.25) is 5.88 Å². The van der Waals surface area contributed by atoms with E-state index in [1.54, 1.807) is 0 Å². The molecule has 0 aliphatic rings. The highest BCUT2D eigenvalue weighted by atomic mass is 79.9. The van der Waals surface area contributed by atoms with Crippen molar-refractivity contribution in [3.63, 3.8) is 0 Å². The Balaban J connectivity index is 2.18. The lowest BCUT2D eigenvalue weighted by Gasteiger charge is -2.06. The number of hydrogen-bond donors (Lipinski definition) is 1. The zero-order valence-corrected chi connectivity index (χ0v) is 11.5. The van der Waals surface area contributed by atoms with Crippen LogP contribution in [0.15, 0.2) is 39.9 Å². The lowest BCUT2D eigenvalue weighted by Crippen LogP contribution is -2.08. The number of hydrogen-bond acceptors (Lipinski definition) is 3. The van der Waals surface area contributed by atoms with Crippen LogP contribution in [0.5, 0.6) is 11.6 Å². The van der Waals surface area contributed by atoms with Crippen molar-refractivity contribution < 1.29 is 4.74 Å². The first-order valence-corrected chi connectivity index (χ1v) is 6.50. The number of ether oxygens (including phenoxy) is 1. The van der Waals surface area contributed by atoms with Gasteiger partial charge in [0.05, 0.1) is 6.33 Å². The standard InChI is InChI=1S/C13H13BrN2O2/c1-2-3-9-4-6-10(7-5-9)18-13-11(14)12(17)15-8-16-13/h4-8H,2-3H2,1H3,(H,15,16,17). The van der Waals surface area contributed by atoms with Crippen LogP contribution >= 0.6 is 15.9 Å². The molecule has 1 aromatic carbocycles. The third-order valence-corrected chi connectivity index (χ3v) is 3.14. The van der Waals surface area contributed by atoms with Gasteiger partial charge >= 0.3 is 0 Å². The maximum Gasteiger partial charge on any atom is 0.268 e. The van der Waals surface area contributed by atoms with Gasteiger partial charge in [-0.3, -0.25) is 4.79 Å². The van der Waals surface area contributed by atoms with Crippen LogP contribution in [0.3, 0.4) is 0 Å². The van der Waals surface area contributed by atoms with Crippen LogP contribution in [0.1, 0.15) is 18.9 Å². The summed E-state index contributed by atoms with van der Waals surface area (Å²) in [5, 5.41) is 0. The number of aromatic nitrogens is 2. The van der Waals surface area contributed by atoms with E-state index in [9.17, 15) is 4.79 Å². The predicted octanol–water partition coefficient (Wildman–Crippen LogP) is 3.28. The summed E-state index contributed by atoms with van der Waals surface area (Å²) in [4.78, 5) is 17.8. The summed E-state index contributed by atoms with van der Waals surface area (Å²) in [6.07, 6.45) is 3.47. The van der Waals surface area contributed by atoms with E-state index in [1.807, 2.05) is 24.3 Å². The maximum atomic E-state index is 11.3. The first kappa shape index (κ1) is 12.8. The molecule has 0 unspecified atom stereocenters. The Labute approximate surface area is 113 Å². The van der Waals surface area contributed by atoms with E-state index < -0.39 is 0 Å². The lowest BCUT2D eigenvalue weighted by atomic mass is 10.1. The quantitative estimate of drug-likeness (QED) is 0.943. The average molecular weight is 309 g/mol. The van der Waals surface area contributed by atoms with Crippen molar-refractivity contribution in [2.24, 2.45) is 0 Å². The topological polar surface area (TPSA) is 55.0 Å². The summed E-state index contributed by atoms with van der Waals surface area (Å²) in [6, 6.07) is 7.78. The Morgan fingerprint density at radius 3 is 2.72 bits per heavy atom. The fourth-order valence-corrected chi connectivity index (χ4v) is 1.86. The van der Waals surface area contributed by atoms with Gasteiger partial charge in [0, 0.05) is 0 Å². The van der Waals surface area contributed by atoms with Gasteiger partial charge in [-0.1, -0.05) is 25.5 Å². The molecular formula is C13H13BrN2O2. The third kappa shape index (κ3) is 2.98. The lowest BCUT2D eigenvalue weighted by molar-refractivity contribution is 0.456. The summed E-state index contributed by atoms with van der Waals surface area (Å²) < 4.78 is 5.84. The van der Waals surface area contributed by atoms with Gasteiger partial charge in [0.1, 0.15) is 10.2 Å².